The van der Waals surface area contributed by atoms with Crippen LogP contribution in [0.1, 0.15) is 32.1 Å². The number of nitriles is 1. The molecule has 5 nitrogen and oxygen atoms in total. The summed E-state index contributed by atoms with van der Waals surface area (Å²) >= 11 is 0. The molecule has 0 bridgehead atoms. The summed E-state index contributed by atoms with van der Waals surface area (Å²) in [5, 5.41) is 11.5. The lowest BCUT2D eigenvalue weighted by Gasteiger charge is -2.26. The molecule has 1 unspecified atom stereocenters. The van der Waals surface area contributed by atoms with Crippen LogP contribution in [-0.4, -0.2) is 32.4 Å². The zero-order valence-electron chi connectivity index (χ0n) is 9.98. The van der Waals surface area contributed by atoms with Gasteiger partial charge in [-0.25, -0.2) is 8.42 Å². The number of carbonyl (C=O) groups is 1. The molecule has 96 valence electrons. The topological polar surface area (TPSA) is 87.0 Å². The molecule has 17 heavy (non-hydrogen) atoms. The molecule has 0 aliphatic heterocycles. The number of rotatable bonds is 4. The molecular formula is C11H18N2O3S. The van der Waals surface area contributed by atoms with Crippen molar-refractivity contribution in [1.29, 1.82) is 5.26 Å². The molecule has 6 heteroatoms. The van der Waals surface area contributed by atoms with Gasteiger partial charge in [0.1, 0.15) is 11.8 Å². The first-order chi connectivity index (χ1) is 7.92. The molecule has 1 amide bonds. The van der Waals surface area contributed by atoms with Gasteiger partial charge in [-0.1, -0.05) is 19.3 Å². The second-order valence-corrected chi connectivity index (χ2v) is 6.78. The Morgan fingerprint density at radius 3 is 2.47 bits per heavy atom. The monoisotopic (exact) mass is 258 g/mol. The average molecular weight is 258 g/mol. The van der Waals surface area contributed by atoms with Crippen LogP contribution < -0.4 is 5.32 Å². The molecular weight excluding hydrogens is 240 g/mol. The average Bonchev–Trinajstić information content (AvgIpc) is 2.24. The SMILES string of the molecule is CS(=O)(=O)CC(=O)NC(C#N)C1CCCCC1. The van der Waals surface area contributed by atoms with E-state index in [0.717, 1.165) is 31.9 Å². The van der Waals surface area contributed by atoms with Gasteiger partial charge in [-0.2, -0.15) is 5.26 Å². The van der Waals surface area contributed by atoms with E-state index in [1.54, 1.807) is 0 Å². The fraction of sp³-hybridized carbons (Fsp3) is 0.818. The van der Waals surface area contributed by atoms with Crippen molar-refractivity contribution in [3.63, 3.8) is 0 Å². The van der Waals surface area contributed by atoms with Gasteiger partial charge in [0.05, 0.1) is 6.07 Å². The summed E-state index contributed by atoms with van der Waals surface area (Å²) in [5.41, 5.74) is 0. The van der Waals surface area contributed by atoms with Gasteiger partial charge in [0.25, 0.3) is 0 Å². The largest absolute Gasteiger partial charge is 0.339 e. The third-order valence-corrected chi connectivity index (χ3v) is 3.76. The summed E-state index contributed by atoms with van der Waals surface area (Å²) in [4.78, 5) is 11.4. The second kappa shape index (κ2) is 6.01. The van der Waals surface area contributed by atoms with Gasteiger partial charge < -0.3 is 5.32 Å². The van der Waals surface area contributed by atoms with Crippen LogP contribution in [0.2, 0.25) is 0 Å². The van der Waals surface area contributed by atoms with E-state index in [0.29, 0.717) is 0 Å². The first-order valence-electron chi connectivity index (χ1n) is 5.79. The molecule has 1 aliphatic rings. The zero-order chi connectivity index (χ0) is 12.9. The van der Waals surface area contributed by atoms with Crippen LogP contribution in [0.5, 0.6) is 0 Å². The van der Waals surface area contributed by atoms with Gasteiger partial charge in [0.15, 0.2) is 9.84 Å². The highest BCUT2D eigenvalue weighted by Crippen LogP contribution is 2.26. The summed E-state index contributed by atoms with van der Waals surface area (Å²) in [5.74, 6) is -0.959. The number of nitrogens with zero attached hydrogens (tertiary/aromatic N) is 1. The van der Waals surface area contributed by atoms with Crippen molar-refractivity contribution in [3.8, 4) is 6.07 Å². The standard InChI is InChI=1S/C11H18N2O3S/c1-17(15,16)8-11(14)13-10(7-12)9-5-3-2-4-6-9/h9-10H,2-6,8H2,1H3,(H,13,14). The van der Waals surface area contributed by atoms with E-state index in [-0.39, 0.29) is 5.92 Å². The summed E-state index contributed by atoms with van der Waals surface area (Å²) < 4.78 is 21.9. The van der Waals surface area contributed by atoms with E-state index in [9.17, 15) is 13.2 Å². The van der Waals surface area contributed by atoms with Crippen LogP contribution in [-0.2, 0) is 14.6 Å². The highest BCUT2D eigenvalue weighted by Gasteiger charge is 2.25. The van der Waals surface area contributed by atoms with Gasteiger partial charge in [-0.3, -0.25) is 4.79 Å². The van der Waals surface area contributed by atoms with E-state index in [1.165, 1.54) is 6.42 Å². The maximum absolute atomic E-state index is 11.4. The minimum atomic E-state index is -3.33. The molecule has 0 radical (unpaired) electrons. The van der Waals surface area contributed by atoms with E-state index in [2.05, 4.69) is 11.4 Å². The number of carbonyl (C=O) groups excluding carboxylic acids is 1. The number of sulfone groups is 1. The van der Waals surface area contributed by atoms with Crippen molar-refractivity contribution < 1.29 is 13.2 Å². The van der Waals surface area contributed by atoms with Crippen molar-refractivity contribution in [2.45, 2.75) is 38.1 Å². The summed E-state index contributed by atoms with van der Waals surface area (Å²) in [6, 6.07) is 1.51. The Kier molecular flexibility index (Phi) is 4.94. The minimum Gasteiger partial charge on any atom is -0.339 e. The molecule has 1 rings (SSSR count). The fourth-order valence-electron chi connectivity index (χ4n) is 2.18. The van der Waals surface area contributed by atoms with Crippen LogP contribution in [0.4, 0.5) is 0 Å². The molecule has 0 aromatic rings. The summed E-state index contributed by atoms with van der Waals surface area (Å²) in [7, 11) is -3.33. The smallest absolute Gasteiger partial charge is 0.236 e. The Morgan fingerprint density at radius 2 is 2.00 bits per heavy atom. The lowest BCUT2D eigenvalue weighted by Crippen LogP contribution is -2.42. The van der Waals surface area contributed by atoms with Crippen LogP contribution in [0, 0.1) is 17.2 Å². The molecule has 0 heterocycles. The van der Waals surface area contributed by atoms with Crippen molar-refractivity contribution in [1.82, 2.24) is 5.32 Å². The summed E-state index contributed by atoms with van der Waals surface area (Å²) in [6.45, 7) is 0. The Balaban J connectivity index is 2.52. The van der Waals surface area contributed by atoms with Crippen LogP contribution in [0.3, 0.4) is 0 Å². The lowest BCUT2D eigenvalue weighted by atomic mass is 9.84. The first kappa shape index (κ1) is 14.0. The minimum absolute atomic E-state index is 0.164. The fourth-order valence-corrected chi connectivity index (χ4v) is 2.74. The number of hydrogen-bond donors (Lipinski definition) is 1. The molecule has 1 atom stereocenters. The van der Waals surface area contributed by atoms with Crippen molar-refractivity contribution in [2.75, 3.05) is 12.0 Å². The van der Waals surface area contributed by atoms with Gasteiger partial charge in [0.2, 0.25) is 5.91 Å². The van der Waals surface area contributed by atoms with Crippen LogP contribution in [0.15, 0.2) is 0 Å². The van der Waals surface area contributed by atoms with Crippen molar-refractivity contribution >= 4 is 15.7 Å². The van der Waals surface area contributed by atoms with Gasteiger partial charge >= 0.3 is 0 Å². The van der Waals surface area contributed by atoms with E-state index < -0.39 is 27.5 Å². The first-order valence-corrected chi connectivity index (χ1v) is 7.85. The number of hydrogen-bond acceptors (Lipinski definition) is 4. The molecule has 0 spiro atoms. The highest BCUT2D eigenvalue weighted by atomic mass is 32.2. The zero-order valence-corrected chi connectivity index (χ0v) is 10.8. The van der Waals surface area contributed by atoms with E-state index in [4.69, 9.17) is 5.26 Å². The molecule has 0 saturated heterocycles. The van der Waals surface area contributed by atoms with Crippen molar-refractivity contribution in [3.05, 3.63) is 0 Å². The van der Waals surface area contributed by atoms with Gasteiger partial charge in [-0.15, -0.1) is 0 Å². The molecule has 1 saturated carbocycles. The molecule has 1 aliphatic carbocycles. The quantitative estimate of drug-likeness (QED) is 0.800. The Labute approximate surface area is 102 Å². The third kappa shape index (κ3) is 5.18. The maximum atomic E-state index is 11.4. The maximum Gasteiger partial charge on any atom is 0.236 e. The Bertz CT molecular complexity index is 405. The Hall–Kier alpha value is -1.09. The normalized spacial score (nSPS) is 19.3. The van der Waals surface area contributed by atoms with Crippen LogP contribution >= 0.6 is 0 Å². The predicted octanol–water partition coefficient (Wildman–Crippen LogP) is 0.620. The molecule has 1 fully saturated rings. The lowest BCUT2D eigenvalue weighted by molar-refractivity contribution is -0.119. The third-order valence-electron chi connectivity index (χ3n) is 2.97. The second-order valence-electron chi connectivity index (χ2n) is 4.64. The Morgan fingerprint density at radius 1 is 1.41 bits per heavy atom. The van der Waals surface area contributed by atoms with Gasteiger partial charge in [0, 0.05) is 6.26 Å². The van der Waals surface area contributed by atoms with Crippen molar-refractivity contribution in [2.24, 2.45) is 5.92 Å². The van der Waals surface area contributed by atoms with Gasteiger partial charge in [-0.05, 0) is 18.8 Å². The number of amides is 1. The van der Waals surface area contributed by atoms with E-state index in [1.807, 2.05) is 0 Å². The summed E-state index contributed by atoms with van der Waals surface area (Å²) in [6.07, 6.45) is 6.19. The molecule has 0 aromatic carbocycles. The van der Waals surface area contributed by atoms with Crippen LogP contribution in [0.25, 0.3) is 0 Å². The molecule has 0 aromatic heterocycles. The number of nitrogens with one attached hydrogen (secondary N) is 1. The molecule has 1 N–H and O–H groups in total. The highest BCUT2D eigenvalue weighted by molar-refractivity contribution is 7.91. The van der Waals surface area contributed by atoms with E-state index >= 15 is 0 Å². The predicted molar refractivity (Wildman–Crippen MR) is 63.8 cm³/mol.